The molecule has 0 aliphatic carbocycles. The number of rotatable bonds is 4. The van der Waals surface area contributed by atoms with Crippen LogP contribution in [0.15, 0.2) is 18.2 Å². The summed E-state index contributed by atoms with van der Waals surface area (Å²) in [6.07, 6.45) is 1.12. The maximum atomic E-state index is 11.8. The third kappa shape index (κ3) is 4.48. The summed E-state index contributed by atoms with van der Waals surface area (Å²) in [6, 6.07) is 4.56. The van der Waals surface area contributed by atoms with E-state index in [0.29, 0.717) is 24.5 Å². The molecule has 3 N–H and O–H groups in total. The molecule has 0 spiro atoms. The standard InChI is InChI=1S/C15H22N4O4/c1-10(2)23-15(20)18-7-5-11(6-8-18)17-14-4-3-12(19(21)22)9-13(14)16/h3-4,9-11,17H,5-8,16H2,1-2H3. The van der Waals surface area contributed by atoms with Gasteiger partial charge in [0.2, 0.25) is 0 Å². The third-order valence-corrected chi connectivity index (χ3v) is 3.70. The molecule has 1 aromatic carbocycles. The average molecular weight is 322 g/mol. The summed E-state index contributed by atoms with van der Waals surface area (Å²) in [7, 11) is 0. The average Bonchev–Trinajstić information content (AvgIpc) is 2.49. The van der Waals surface area contributed by atoms with Gasteiger partial charge in [-0.15, -0.1) is 0 Å². The maximum Gasteiger partial charge on any atom is 0.410 e. The minimum atomic E-state index is -0.473. The molecule has 0 saturated carbocycles. The van der Waals surface area contributed by atoms with E-state index in [-0.39, 0.29) is 23.9 Å². The summed E-state index contributed by atoms with van der Waals surface area (Å²) in [6.45, 7) is 4.86. The monoisotopic (exact) mass is 322 g/mol. The molecule has 1 saturated heterocycles. The van der Waals surface area contributed by atoms with Crippen LogP contribution in [-0.4, -0.2) is 41.2 Å². The van der Waals surface area contributed by atoms with Crippen LogP contribution >= 0.6 is 0 Å². The molecular weight excluding hydrogens is 300 g/mol. The molecule has 1 aliphatic rings. The van der Waals surface area contributed by atoms with Crippen molar-refractivity contribution >= 4 is 23.2 Å². The molecule has 8 heteroatoms. The number of carbonyl (C=O) groups is 1. The van der Waals surface area contributed by atoms with E-state index in [4.69, 9.17) is 10.5 Å². The zero-order chi connectivity index (χ0) is 17.0. The second-order valence-corrected chi connectivity index (χ2v) is 5.87. The minimum Gasteiger partial charge on any atom is -0.447 e. The molecule has 1 heterocycles. The second-order valence-electron chi connectivity index (χ2n) is 5.87. The first-order chi connectivity index (χ1) is 10.9. The Hall–Kier alpha value is -2.51. The van der Waals surface area contributed by atoms with Gasteiger partial charge in [0.15, 0.2) is 0 Å². The van der Waals surface area contributed by atoms with Crippen molar-refractivity contribution in [1.82, 2.24) is 4.90 Å². The topological polar surface area (TPSA) is 111 Å². The van der Waals surface area contributed by atoms with Crippen molar-refractivity contribution in [2.75, 3.05) is 24.1 Å². The number of anilines is 2. The van der Waals surface area contributed by atoms with E-state index in [2.05, 4.69) is 5.32 Å². The number of hydrogen-bond acceptors (Lipinski definition) is 6. The Bertz CT molecular complexity index is 583. The van der Waals surface area contributed by atoms with E-state index in [9.17, 15) is 14.9 Å². The molecule has 0 radical (unpaired) electrons. The van der Waals surface area contributed by atoms with Gasteiger partial charge in [-0.05, 0) is 32.8 Å². The fraction of sp³-hybridized carbons (Fsp3) is 0.533. The van der Waals surface area contributed by atoms with Crippen LogP contribution in [0.1, 0.15) is 26.7 Å². The lowest BCUT2D eigenvalue weighted by molar-refractivity contribution is -0.384. The molecule has 8 nitrogen and oxygen atoms in total. The molecule has 0 atom stereocenters. The van der Waals surface area contributed by atoms with Crippen LogP contribution in [0.4, 0.5) is 21.9 Å². The summed E-state index contributed by atoms with van der Waals surface area (Å²) in [5.41, 5.74) is 6.85. The highest BCUT2D eigenvalue weighted by molar-refractivity contribution is 5.70. The molecule has 1 aromatic rings. The third-order valence-electron chi connectivity index (χ3n) is 3.70. The Morgan fingerprint density at radius 3 is 2.61 bits per heavy atom. The first-order valence-electron chi connectivity index (χ1n) is 7.63. The highest BCUT2D eigenvalue weighted by atomic mass is 16.6. The molecule has 126 valence electrons. The number of nitro groups is 1. The first kappa shape index (κ1) is 16.9. The Morgan fingerprint density at radius 1 is 1.43 bits per heavy atom. The van der Waals surface area contributed by atoms with Gasteiger partial charge in [0.1, 0.15) is 0 Å². The maximum absolute atomic E-state index is 11.8. The Morgan fingerprint density at radius 2 is 2.09 bits per heavy atom. The quantitative estimate of drug-likeness (QED) is 0.501. The lowest BCUT2D eigenvalue weighted by atomic mass is 10.0. The predicted octanol–water partition coefficient (Wildman–Crippen LogP) is 2.60. The number of nitro benzene ring substituents is 1. The number of likely N-dealkylation sites (tertiary alicyclic amines) is 1. The molecule has 23 heavy (non-hydrogen) atoms. The zero-order valence-electron chi connectivity index (χ0n) is 13.3. The number of nitrogens with one attached hydrogen (secondary N) is 1. The van der Waals surface area contributed by atoms with Crippen LogP contribution in [0, 0.1) is 10.1 Å². The van der Waals surface area contributed by atoms with Crippen molar-refractivity contribution in [3.63, 3.8) is 0 Å². The SMILES string of the molecule is CC(C)OC(=O)N1CCC(Nc2ccc([N+](=O)[O-])cc2N)CC1. The summed E-state index contributed by atoms with van der Waals surface area (Å²) in [5, 5.41) is 14.0. The van der Waals surface area contributed by atoms with Gasteiger partial charge in [0.05, 0.1) is 22.4 Å². The number of carbonyl (C=O) groups excluding carboxylic acids is 1. The summed E-state index contributed by atoms with van der Waals surface area (Å²) in [4.78, 5) is 23.8. The smallest absolute Gasteiger partial charge is 0.410 e. The molecule has 0 bridgehead atoms. The van der Waals surface area contributed by atoms with Gasteiger partial charge in [-0.1, -0.05) is 0 Å². The van der Waals surface area contributed by atoms with Crippen LogP contribution in [0.5, 0.6) is 0 Å². The van der Waals surface area contributed by atoms with Crippen molar-refractivity contribution in [2.24, 2.45) is 0 Å². The molecule has 1 fully saturated rings. The number of nitrogens with two attached hydrogens (primary N) is 1. The van der Waals surface area contributed by atoms with Crippen LogP contribution in [0.2, 0.25) is 0 Å². The number of non-ortho nitro benzene ring substituents is 1. The van der Waals surface area contributed by atoms with E-state index in [1.807, 2.05) is 13.8 Å². The van der Waals surface area contributed by atoms with Crippen molar-refractivity contribution in [3.05, 3.63) is 28.3 Å². The number of ether oxygens (including phenoxy) is 1. The fourth-order valence-corrected chi connectivity index (χ4v) is 2.50. The zero-order valence-corrected chi connectivity index (χ0v) is 13.3. The van der Waals surface area contributed by atoms with Gasteiger partial charge in [-0.2, -0.15) is 0 Å². The van der Waals surface area contributed by atoms with Crippen LogP contribution in [-0.2, 0) is 4.74 Å². The summed E-state index contributed by atoms with van der Waals surface area (Å²) in [5.74, 6) is 0. The molecule has 0 aromatic heterocycles. The van der Waals surface area contributed by atoms with Gasteiger partial charge < -0.3 is 20.7 Å². The largest absolute Gasteiger partial charge is 0.447 e. The summed E-state index contributed by atoms with van der Waals surface area (Å²) < 4.78 is 5.18. The molecule has 1 aliphatic heterocycles. The predicted molar refractivity (Wildman–Crippen MR) is 87.3 cm³/mol. The van der Waals surface area contributed by atoms with Gasteiger partial charge in [-0.25, -0.2) is 4.79 Å². The Labute approximate surface area is 134 Å². The van der Waals surface area contributed by atoms with Gasteiger partial charge >= 0.3 is 6.09 Å². The Balaban J connectivity index is 1.89. The van der Waals surface area contributed by atoms with Crippen molar-refractivity contribution in [1.29, 1.82) is 0 Å². The minimum absolute atomic E-state index is 0.0284. The van der Waals surface area contributed by atoms with E-state index in [0.717, 1.165) is 12.8 Å². The van der Waals surface area contributed by atoms with Crippen molar-refractivity contribution in [2.45, 2.75) is 38.8 Å². The highest BCUT2D eigenvalue weighted by Gasteiger charge is 2.24. The van der Waals surface area contributed by atoms with Gasteiger partial charge in [-0.3, -0.25) is 10.1 Å². The number of piperidine rings is 1. The molecular formula is C15H22N4O4. The van der Waals surface area contributed by atoms with E-state index < -0.39 is 4.92 Å². The normalized spacial score (nSPS) is 15.5. The van der Waals surface area contributed by atoms with E-state index >= 15 is 0 Å². The fourth-order valence-electron chi connectivity index (χ4n) is 2.50. The number of nitrogens with zero attached hydrogens (tertiary/aromatic N) is 2. The lowest BCUT2D eigenvalue weighted by Crippen LogP contribution is -2.43. The van der Waals surface area contributed by atoms with Crippen LogP contribution < -0.4 is 11.1 Å². The number of nitrogen functional groups attached to an aromatic ring is 1. The number of amides is 1. The lowest BCUT2D eigenvalue weighted by Gasteiger charge is -2.32. The summed E-state index contributed by atoms with van der Waals surface area (Å²) >= 11 is 0. The second kappa shape index (κ2) is 7.17. The van der Waals surface area contributed by atoms with E-state index in [1.165, 1.54) is 12.1 Å². The molecule has 1 amide bonds. The van der Waals surface area contributed by atoms with Crippen LogP contribution in [0.3, 0.4) is 0 Å². The van der Waals surface area contributed by atoms with Crippen LogP contribution in [0.25, 0.3) is 0 Å². The van der Waals surface area contributed by atoms with E-state index in [1.54, 1.807) is 11.0 Å². The van der Waals surface area contributed by atoms with Crippen molar-refractivity contribution < 1.29 is 14.5 Å². The van der Waals surface area contributed by atoms with Gasteiger partial charge in [0.25, 0.3) is 5.69 Å². The highest BCUT2D eigenvalue weighted by Crippen LogP contribution is 2.26. The Kier molecular flexibility index (Phi) is 5.25. The number of benzene rings is 1. The first-order valence-corrected chi connectivity index (χ1v) is 7.63. The number of hydrogen-bond donors (Lipinski definition) is 2. The van der Waals surface area contributed by atoms with Crippen molar-refractivity contribution in [3.8, 4) is 0 Å². The molecule has 2 rings (SSSR count). The van der Waals surface area contributed by atoms with Gasteiger partial charge in [0, 0.05) is 31.3 Å². The molecule has 0 unspecified atom stereocenters.